The SMILES string of the molecule is CCOc1cc(/C=N/Nc2ccc([N+](=O)[O-])cc2[N+](=O)[O-])ccc1O. The van der Waals surface area contributed by atoms with Crippen LogP contribution in [0.5, 0.6) is 11.5 Å². The van der Waals surface area contributed by atoms with E-state index in [0.29, 0.717) is 12.2 Å². The van der Waals surface area contributed by atoms with Crippen molar-refractivity contribution in [1.29, 1.82) is 0 Å². The number of phenols is 1. The van der Waals surface area contributed by atoms with Gasteiger partial charge in [-0.3, -0.25) is 25.7 Å². The predicted molar refractivity (Wildman–Crippen MR) is 90.2 cm³/mol. The van der Waals surface area contributed by atoms with E-state index in [1.54, 1.807) is 19.1 Å². The second-order valence-electron chi connectivity index (χ2n) is 4.75. The molecule has 0 aliphatic heterocycles. The van der Waals surface area contributed by atoms with Gasteiger partial charge in [0.05, 0.1) is 28.7 Å². The first-order valence-corrected chi connectivity index (χ1v) is 7.10. The molecule has 0 aliphatic carbocycles. The molecule has 130 valence electrons. The van der Waals surface area contributed by atoms with E-state index in [9.17, 15) is 25.3 Å². The second kappa shape index (κ2) is 7.73. The Hall–Kier alpha value is -3.69. The van der Waals surface area contributed by atoms with Gasteiger partial charge in [-0.15, -0.1) is 0 Å². The number of benzene rings is 2. The zero-order chi connectivity index (χ0) is 18.4. The number of nitrogens with one attached hydrogen (secondary N) is 1. The highest BCUT2D eigenvalue weighted by Gasteiger charge is 2.19. The molecular formula is C15H14N4O6. The number of nitrogens with zero attached hydrogens (tertiary/aromatic N) is 3. The molecule has 0 atom stereocenters. The number of hydrogen-bond acceptors (Lipinski definition) is 8. The fourth-order valence-electron chi connectivity index (χ4n) is 1.94. The van der Waals surface area contributed by atoms with Crippen molar-refractivity contribution < 1.29 is 19.7 Å². The first kappa shape index (κ1) is 17.7. The van der Waals surface area contributed by atoms with Crippen molar-refractivity contribution in [2.75, 3.05) is 12.0 Å². The van der Waals surface area contributed by atoms with E-state index in [-0.39, 0.29) is 22.9 Å². The molecule has 0 fully saturated rings. The van der Waals surface area contributed by atoms with Gasteiger partial charge in [-0.25, -0.2) is 0 Å². The Bertz CT molecular complexity index is 837. The van der Waals surface area contributed by atoms with Gasteiger partial charge in [0.15, 0.2) is 11.5 Å². The number of nitro benzene ring substituents is 2. The number of nitro groups is 2. The molecule has 0 saturated heterocycles. The quantitative estimate of drug-likeness (QED) is 0.446. The first-order chi connectivity index (χ1) is 11.9. The fourth-order valence-corrected chi connectivity index (χ4v) is 1.94. The fraction of sp³-hybridized carbons (Fsp3) is 0.133. The van der Waals surface area contributed by atoms with E-state index in [2.05, 4.69) is 10.5 Å². The lowest BCUT2D eigenvalue weighted by Gasteiger charge is -2.06. The number of aromatic hydroxyl groups is 1. The molecule has 2 aromatic carbocycles. The molecule has 10 heteroatoms. The lowest BCUT2D eigenvalue weighted by molar-refractivity contribution is -0.393. The Balaban J connectivity index is 2.20. The Morgan fingerprint density at radius 3 is 2.60 bits per heavy atom. The molecule has 0 saturated carbocycles. The molecule has 0 heterocycles. The topological polar surface area (TPSA) is 140 Å². The standard InChI is InChI=1S/C15H14N4O6/c1-2-25-15-7-10(3-6-14(15)20)9-16-17-12-5-4-11(18(21)22)8-13(12)19(23)24/h3-9,17,20H,2H2,1H3/b16-9+. The van der Waals surface area contributed by atoms with Gasteiger partial charge in [0.25, 0.3) is 5.69 Å². The zero-order valence-corrected chi connectivity index (χ0v) is 13.1. The van der Waals surface area contributed by atoms with Crippen LogP contribution in [0.4, 0.5) is 17.1 Å². The Kier molecular flexibility index (Phi) is 5.46. The molecule has 2 aromatic rings. The minimum Gasteiger partial charge on any atom is -0.504 e. The van der Waals surface area contributed by atoms with Crippen LogP contribution in [0, 0.1) is 20.2 Å². The molecule has 0 aromatic heterocycles. The van der Waals surface area contributed by atoms with Crippen molar-refractivity contribution in [3.05, 3.63) is 62.2 Å². The molecule has 0 bridgehead atoms. The van der Waals surface area contributed by atoms with Crippen LogP contribution < -0.4 is 10.2 Å². The largest absolute Gasteiger partial charge is 0.504 e. The minimum absolute atomic E-state index is 0.00987. The van der Waals surface area contributed by atoms with Crippen molar-refractivity contribution in [2.45, 2.75) is 6.92 Å². The van der Waals surface area contributed by atoms with E-state index in [1.165, 1.54) is 18.3 Å². The Morgan fingerprint density at radius 2 is 1.96 bits per heavy atom. The smallest absolute Gasteiger partial charge is 0.301 e. The van der Waals surface area contributed by atoms with Gasteiger partial charge >= 0.3 is 5.69 Å². The average Bonchev–Trinajstić information content (AvgIpc) is 2.57. The first-order valence-electron chi connectivity index (χ1n) is 7.10. The number of non-ortho nitro benzene ring substituents is 1. The third-order valence-electron chi connectivity index (χ3n) is 3.07. The van der Waals surface area contributed by atoms with E-state index >= 15 is 0 Å². The third-order valence-corrected chi connectivity index (χ3v) is 3.07. The van der Waals surface area contributed by atoms with E-state index in [1.807, 2.05) is 0 Å². The number of hydrazone groups is 1. The van der Waals surface area contributed by atoms with Gasteiger partial charge < -0.3 is 9.84 Å². The lowest BCUT2D eigenvalue weighted by Crippen LogP contribution is -1.99. The van der Waals surface area contributed by atoms with Crippen molar-refractivity contribution >= 4 is 23.3 Å². The van der Waals surface area contributed by atoms with Crippen LogP contribution in [-0.4, -0.2) is 27.8 Å². The van der Waals surface area contributed by atoms with Crippen LogP contribution in [0.3, 0.4) is 0 Å². The summed E-state index contributed by atoms with van der Waals surface area (Å²) in [5.41, 5.74) is 2.22. The second-order valence-corrected chi connectivity index (χ2v) is 4.75. The predicted octanol–water partition coefficient (Wildman–Crippen LogP) is 3.05. The maximum absolute atomic E-state index is 11.0. The highest BCUT2D eigenvalue weighted by atomic mass is 16.6. The van der Waals surface area contributed by atoms with Gasteiger partial charge in [0.2, 0.25) is 0 Å². The van der Waals surface area contributed by atoms with Crippen molar-refractivity contribution in [1.82, 2.24) is 0 Å². The van der Waals surface area contributed by atoms with E-state index in [4.69, 9.17) is 4.74 Å². The number of hydrogen-bond donors (Lipinski definition) is 2. The number of rotatable bonds is 7. The summed E-state index contributed by atoms with van der Waals surface area (Å²) in [4.78, 5) is 20.3. The summed E-state index contributed by atoms with van der Waals surface area (Å²) in [6.45, 7) is 2.15. The van der Waals surface area contributed by atoms with Crippen molar-refractivity contribution in [3.63, 3.8) is 0 Å². The molecular weight excluding hydrogens is 332 g/mol. The molecule has 25 heavy (non-hydrogen) atoms. The molecule has 0 aliphatic rings. The number of anilines is 1. The van der Waals surface area contributed by atoms with Crippen LogP contribution in [0.15, 0.2) is 41.5 Å². The summed E-state index contributed by atoms with van der Waals surface area (Å²) in [7, 11) is 0. The van der Waals surface area contributed by atoms with E-state index < -0.39 is 15.5 Å². The van der Waals surface area contributed by atoms with Crippen molar-refractivity contribution in [3.8, 4) is 11.5 Å². The van der Waals surface area contributed by atoms with E-state index in [0.717, 1.165) is 12.1 Å². The highest BCUT2D eigenvalue weighted by molar-refractivity contribution is 5.82. The number of ether oxygens (including phenoxy) is 1. The summed E-state index contributed by atoms with van der Waals surface area (Å²) in [5.74, 6) is 0.269. The van der Waals surface area contributed by atoms with Gasteiger partial charge in [-0.2, -0.15) is 5.10 Å². The summed E-state index contributed by atoms with van der Waals surface area (Å²) < 4.78 is 5.24. The molecule has 10 nitrogen and oxygen atoms in total. The summed E-state index contributed by atoms with van der Waals surface area (Å²) in [6, 6.07) is 7.75. The maximum atomic E-state index is 11.0. The molecule has 2 rings (SSSR count). The van der Waals surface area contributed by atoms with Crippen LogP contribution in [0.2, 0.25) is 0 Å². The van der Waals surface area contributed by atoms with Gasteiger partial charge in [0.1, 0.15) is 5.69 Å². The minimum atomic E-state index is -0.737. The van der Waals surface area contributed by atoms with Crippen LogP contribution in [-0.2, 0) is 0 Å². The third kappa shape index (κ3) is 4.41. The summed E-state index contributed by atoms with van der Waals surface area (Å²) in [6.07, 6.45) is 1.37. The molecule has 0 radical (unpaired) electrons. The molecule has 2 N–H and O–H groups in total. The summed E-state index contributed by atoms with van der Waals surface area (Å²) in [5, 5.41) is 35.2. The summed E-state index contributed by atoms with van der Waals surface area (Å²) >= 11 is 0. The average molecular weight is 346 g/mol. The van der Waals surface area contributed by atoms with Crippen LogP contribution in [0.1, 0.15) is 12.5 Å². The van der Waals surface area contributed by atoms with Crippen molar-refractivity contribution in [2.24, 2.45) is 5.10 Å². The number of phenolic OH excluding ortho intramolecular Hbond substituents is 1. The Labute approximate surface area is 141 Å². The normalized spacial score (nSPS) is 10.6. The molecule has 0 amide bonds. The Morgan fingerprint density at radius 1 is 1.20 bits per heavy atom. The maximum Gasteiger partial charge on any atom is 0.301 e. The van der Waals surface area contributed by atoms with Crippen LogP contribution >= 0.6 is 0 Å². The zero-order valence-electron chi connectivity index (χ0n) is 13.1. The molecule has 0 spiro atoms. The molecule has 0 unspecified atom stereocenters. The van der Waals surface area contributed by atoms with Gasteiger partial charge in [-0.05, 0) is 36.8 Å². The van der Waals surface area contributed by atoms with Gasteiger partial charge in [0, 0.05) is 6.07 Å². The van der Waals surface area contributed by atoms with Gasteiger partial charge in [-0.1, -0.05) is 0 Å². The van der Waals surface area contributed by atoms with Crippen LogP contribution in [0.25, 0.3) is 0 Å². The monoisotopic (exact) mass is 346 g/mol. The lowest BCUT2D eigenvalue weighted by atomic mass is 10.2. The highest BCUT2D eigenvalue weighted by Crippen LogP contribution is 2.29.